The first-order valence-corrected chi connectivity index (χ1v) is 6.51. The van der Waals surface area contributed by atoms with Crippen LogP contribution < -0.4 is 5.73 Å². The number of pyridine rings is 1. The van der Waals surface area contributed by atoms with Crippen molar-refractivity contribution in [3.05, 3.63) is 35.7 Å². The average Bonchev–Trinajstić information content (AvgIpc) is 3.07. The molecule has 5 heteroatoms. The van der Waals surface area contributed by atoms with E-state index in [2.05, 4.69) is 16.2 Å². The second-order valence-electron chi connectivity index (χ2n) is 4.84. The molecular weight excluding hydrogens is 238 g/mol. The molecule has 0 saturated heterocycles. The minimum absolute atomic E-state index is 0.363. The lowest BCUT2D eigenvalue weighted by Gasteiger charge is -2.04. The summed E-state index contributed by atoms with van der Waals surface area (Å²) in [6.07, 6.45) is 6.27. The van der Waals surface area contributed by atoms with E-state index in [4.69, 9.17) is 5.73 Å². The van der Waals surface area contributed by atoms with Gasteiger partial charge in [-0.25, -0.2) is 4.98 Å². The van der Waals surface area contributed by atoms with Crippen molar-refractivity contribution < 1.29 is 0 Å². The molecule has 2 aromatic heterocycles. The van der Waals surface area contributed by atoms with E-state index in [1.807, 2.05) is 18.2 Å². The molecule has 1 aliphatic rings. The maximum absolute atomic E-state index is 9.32. The third-order valence-corrected chi connectivity index (χ3v) is 3.67. The van der Waals surface area contributed by atoms with Crippen LogP contribution in [-0.4, -0.2) is 14.8 Å². The fraction of sp³-hybridized carbons (Fsp3) is 0.357. The summed E-state index contributed by atoms with van der Waals surface area (Å²) in [5.41, 5.74) is 7.40. The Morgan fingerprint density at radius 2 is 2.11 bits per heavy atom. The van der Waals surface area contributed by atoms with Crippen LogP contribution in [0.2, 0.25) is 0 Å². The van der Waals surface area contributed by atoms with Gasteiger partial charge in [0.25, 0.3) is 0 Å². The van der Waals surface area contributed by atoms with Gasteiger partial charge in [-0.2, -0.15) is 15.0 Å². The molecule has 0 spiro atoms. The molecule has 96 valence electrons. The molecule has 0 radical (unpaired) electrons. The fourth-order valence-corrected chi connectivity index (χ4v) is 2.70. The molecule has 0 atom stereocenters. The molecule has 0 aliphatic heterocycles. The summed E-state index contributed by atoms with van der Waals surface area (Å²) in [6.45, 7) is 0. The van der Waals surface area contributed by atoms with Gasteiger partial charge in [-0.05, 0) is 25.0 Å². The summed E-state index contributed by atoms with van der Waals surface area (Å²) >= 11 is 0. The number of hydrogen-bond donors (Lipinski definition) is 1. The number of aromatic nitrogens is 3. The van der Waals surface area contributed by atoms with Gasteiger partial charge >= 0.3 is 0 Å². The van der Waals surface area contributed by atoms with Gasteiger partial charge in [-0.1, -0.05) is 18.9 Å². The van der Waals surface area contributed by atoms with Crippen molar-refractivity contribution >= 4 is 5.82 Å². The van der Waals surface area contributed by atoms with Gasteiger partial charge < -0.3 is 5.73 Å². The maximum Gasteiger partial charge on any atom is 0.155 e. The van der Waals surface area contributed by atoms with Crippen LogP contribution in [0.25, 0.3) is 5.82 Å². The molecule has 0 amide bonds. The van der Waals surface area contributed by atoms with Crippen LogP contribution in [0.1, 0.15) is 42.9 Å². The first-order valence-electron chi connectivity index (χ1n) is 6.51. The molecule has 2 aromatic rings. The average molecular weight is 253 g/mol. The Hall–Kier alpha value is -2.35. The Bertz CT molecular complexity index is 617. The molecule has 3 rings (SSSR count). The van der Waals surface area contributed by atoms with Crippen LogP contribution in [0.5, 0.6) is 0 Å². The highest BCUT2D eigenvalue weighted by atomic mass is 15.3. The molecule has 2 N–H and O–H groups in total. The van der Waals surface area contributed by atoms with Crippen molar-refractivity contribution in [1.29, 1.82) is 5.26 Å². The smallest absolute Gasteiger partial charge is 0.155 e. The highest BCUT2D eigenvalue weighted by Crippen LogP contribution is 2.36. The number of nitrogen functional groups attached to an aromatic ring is 1. The Morgan fingerprint density at radius 3 is 2.74 bits per heavy atom. The zero-order valence-electron chi connectivity index (χ0n) is 10.6. The summed E-state index contributed by atoms with van der Waals surface area (Å²) in [6, 6.07) is 7.75. The van der Waals surface area contributed by atoms with Crippen LogP contribution in [-0.2, 0) is 0 Å². The monoisotopic (exact) mass is 253 g/mol. The molecule has 0 aromatic carbocycles. The molecule has 0 bridgehead atoms. The zero-order valence-corrected chi connectivity index (χ0v) is 10.6. The van der Waals surface area contributed by atoms with Gasteiger partial charge in [-0.3, -0.25) is 0 Å². The highest BCUT2D eigenvalue weighted by Gasteiger charge is 2.26. The van der Waals surface area contributed by atoms with E-state index in [-0.39, 0.29) is 0 Å². The lowest BCUT2D eigenvalue weighted by atomic mass is 10.0. The lowest BCUT2D eigenvalue weighted by Crippen LogP contribution is -2.04. The van der Waals surface area contributed by atoms with Gasteiger partial charge in [0.2, 0.25) is 0 Å². The Kier molecular flexibility index (Phi) is 2.92. The Balaban J connectivity index is 2.10. The number of hydrogen-bond acceptors (Lipinski definition) is 4. The van der Waals surface area contributed by atoms with Crippen molar-refractivity contribution in [2.75, 3.05) is 5.73 Å². The van der Waals surface area contributed by atoms with Gasteiger partial charge in [0.1, 0.15) is 17.5 Å². The van der Waals surface area contributed by atoms with Gasteiger partial charge in [0, 0.05) is 12.1 Å². The van der Waals surface area contributed by atoms with Crippen LogP contribution in [0.4, 0.5) is 5.82 Å². The molecule has 0 unspecified atom stereocenters. The molecule has 19 heavy (non-hydrogen) atoms. The van der Waals surface area contributed by atoms with Crippen molar-refractivity contribution in [3.8, 4) is 11.9 Å². The summed E-state index contributed by atoms with van der Waals surface area (Å²) in [4.78, 5) is 4.24. The number of nitriles is 1. The van der Waals surface area contributed by atoms with E-state index in [0.29, 0.717) is 23.1 Å². The summed E-state index contributed by atoms with van der Waals surface area (Å²) in [7, 11) is 0. The van der Waals surface area contributed by atoms with Crippen molar-refractivity contribution in [2.45, 2.75) is 31.6 Å². The van der Waals surface area contributed by atoms with Crippen molar-refractivity contribution in [2.24, 2.45) is 0 Å². The summed E-state index contributed by atoms with van der Waals surface area (Å²) in [5, 5.41) is 13.9. The molecule has 2 heterocycles. The van der Waals surface area contributed by atoms with E-state index >= 15 is 0 Å². The highest BCUT2D eigenvalue weighted by molar-refractivity contribution is 5.56. The molecule has 1 aliphatic carbocycles. The summed E-state index contributed by atoms with van der Waals surface area (Å²) in [5.74, 6) is 1.41. The van der Waals surface area contributed by atoms with Crippen molar-refractivity contribution in [3.63, 3.8) is 0 Å². The Labute approximate surface area is 111 Å². The van der Waals surface area contributed by atoms with E-state index in [0.717, 1.165) is 18.5 Å². The van der Waals surface area contributed by atoms with Gasteiger partial charge in [-0.15, -0.1) is 0 Å². The SMILES string of the molecule is N#Cc1c(C2CCCC2)nn(-c2ccccn2)c1N. The minimum Gasteiger partial charge on any atom is -0.382 e. The molecule has 5 nitrogen and oxygen atoms in total. The second kappa shape index (κ2) is 4.73. The fourth-order valence-electron chi connectivity index (χ4n) is 2.70. The number of nitrogens with zero attached hydrogens (tertiary/aromatic N) is 4. The first kappa shape index (κ1) is 11.7. The zero-order chi connectivity index (χ0) is 13.2. The largest absolute Gasteiger partial charge is 0.382 e. The molecule has 1 fully saturated rings. The van der Waals surface area contributed by atoms with Crippen LogP contribution >= 0.6 is 0 Å². The van der Waals surface area contributed by atoms with Gasteiger partial charge in [0.15, 0.2) is 5.82 Å². The molecular formula is C14H15N5. The maximum atomic E-state index is 9.32. The quantitative estimate of drug-likeness (QED) is 0.891. The van der Waals surface area contributed by atoms with Crippen LogP contribution in [0.15, 0.2) is 24.4 Å². The predicted molar refractivity (Wildman–Crippen MR) is 71.7 cm³/mol. The van der Waals surface area contributed by atoms with Gasteiger partial charge in [0.05, 0.1) is 5.69 Å². The topological polar surface area (TPSA) is 80.5 Å². The summed E-state index contributed by atoms with van der Waals surface area (Å²) < 4.78 is 1.58. The Morgan fingerprint density at radius 1 is 1.32 bits per heavy atom. The first-order chi connectivity index (χ1) is 9.31. The number of anilines is 1. The standard InChI is InChI=1S/C14H15N5/c15-9-11-13(10-5-1-2-6-10)18-19(14(11)16)12-7-3-4-8-17-12/h3-4,7-8,10H,1-2,5-6,16H2. The second-order valence-corrected chi connectivity index (χ2v) is 4.84. The normalized spacial score (nSPS) is 15.5. The van der Waals surface area contributed by atoms with E-state index < -0.39 is 0 Å². The number of rotatable bonds is 2. The van der Waals surface area contributed by atoms with Crippen molar-refractivity contribution in [1.82, 2.24) is 14.8 Å². The predicted octanol–water partition coefficient (Wildman–Crippen LogP) is 2.38. The lowest BCUT2D eigenvalue weighted by molar-refractivity contribution is 0.675. The van der Waals surface area contributed by atoms with E-state index in [9.17, 15) is 5.26 Å². The molecule has 1 saturated carbocycles. The third-order valence-electron chi connectivity index (χ3n) is 3.67. The third kappa shape index (κ3) is 1.95. The van der Waals surface area contributed by atoms with E-state index in [1.54, 1.807) is 10.9 Å². The van der Waals surface area contributed by atoms with E-state index in [1.165, 1.54) is 12.8 Å². The van der Waals surface area contributed by atoms with Crippen LogP contribution in [0, 0.1) is 11.3 Å². The number of nitrogens with two attached hydrogens (primary N) is 1. The minimum atomic E-state index is 0.363. The van der Waals surface area contributed by atoms with Crippen LogP contribution in [0.3, 0.4) is 0 Å².